The van der Waals surface area contributed by atoms with Crippen LogP contribution in [0.25, 0.3) is 0 Å². The Bertz CT molecular complexity index is 231. The standard InChI is InChI=1S/C12H20O/c1-9-7-11(13)8-10-5-3-4-6-12(9,10)2/h8-9,11,13H,3-7H2,1-2H3/t9?,11-,12?/m0/s1. The van der Waals surface area contributed by atoms with Gasteiger partial charge in [-0.3, -0.25) is 0 Å². The molecule has 1 heteroatoms. The van der Waals surface area contributed by atoms with E-state index in [4.69, 9.17) is 0 Å². The fourth-order valence-corrected chi connectivity index (χ4v) is 3.01. The molecule has 2 aliphatic carbocycles. The lowest BCUT2D eigenvalue weighted by Gasteiger charge is -2.45. The van der Waals surface area contributed by atoms with Gasteiger partial charge in [0.15, 0.2) is 0 Å². The predicted octanol–water partition coefficient (Wildman–Crippen LogP) is 2.89. The molecule has 1 nitrogen and oxygen atoms in total. The van der Waals surface area contributed by atoms with Crippen molar-refractivity contribution >= 4 is 0 Å². The zero-order valence-electron chi connectivity index (χ0n) is 8.71. The Labute approximate surface area is 80.8 Å². The Morgan fingerprint density at radius 1 is 1.46 bits per heavy atom. The molecule has 2 unspecified atom stereocenters. The molecule has 1 fully saturated rings. The van der Waals surface area contributed by atoms with Crippen LogP contribution in [-0.4, -0.2) is 11.2 Å². The molecule has 0 aromatic rings. The van der Waals surface area contributed by atoms with Gasteiger partial charge in [-0.05, 0) is 37.0 Å². The second-order valence-electron chi connectivity index (χ2n) is 5.02. The molecule has 0 aliphatic heterocycles. The number of hydrogen-bond donors (Lipinski definition) is 1. The first kappa shape index (κ1) is 9.26. The van der Waals surface area contributed by atoms with Crippen LogP contribution in [0, 0.1) is 11.3 Å². The van der Waals surface area contributed by atoms with Gasteiger partial charge in [-0.2, -0.15) is 0 Å². The Morgan fingerprint density at radius 3 is 3.00 bits per heavy atom. The Balaban J connectivity index is 2.30. The normalized spacial score (nSPS) is 45.3. The summed E-state index contributed by atoms with van der Waals surface area (Å²) in [6, 6.07) is 0. The second kappa shape index (κ2) is 3.13. The molecule has 74 valence electrons. The van der Waals surface area contributed by atoms with Gasteiger partial charge in [-0.15, -0.1) is 0 Å². The molecule has 2 aliphatic rings. The molecule has 13 heavy (non-hydrogen) atoms. The van der Waals surface area contributed by atoms with Gasteiger partial charge in [0.25, 0.3) is 0 Å². The number of hydrogen-bond acceptors (Lipinski definition) is 1. The van der Waals surface area contributed by atoms with Crippen molar-refractivity contribution in [3.05, 3.63) is 11.6 Å². The zero-order valence-corrected chi connectivity index (χ0v) is 8.71. The van der Waals surface area contributed by atoms with Gasteiger partial charge in [0, 0.05) is 0 Å². The minimum atomic E-state index is -0.170. The molecule has 0 radical (unpaired) electrons. The third-order valence-electron chi connectivity index (χ3n) is 4.20. The molecule has 0 aromatic heterocycles. The van der Waals surface area contributed by atoms with Gasteiger partial charge in [0.05, 0.1) is 6.10 Å². The first-order chi connectivity index (χ1) is 6.13. The highest BCUT2D eigenvalue weighted by Crippen LogP contribution is 2.50. The van der Waals surface area contributed by atoms with E-state index < -0.39 is 0 Å². The first-order valence-corrected chi connectivity index (χ1v) is 5.52. The summed E-state index contributed by atoms with van der Waals surface area (Å²) < 4.78 is 0. The van der Waals surface area contributed by atoms with Crippen molar-refractivity contribution in [3.63, 3.8) is 0 Å². The second-order valence-corrected chi connectivity index (χ2v) is 5.02. The number of aliphatic hydroxyl groups is 1. The fraction of sp³-hybridized carbons (Fsp3) is 0.833. The maximum absolute atomic E-state index is 9.66. The number of rotatable bonds is 0. The molecule has 0 saturated heterocycles. The fourth-order valence-electron chi connectivity index (χ4n) is 3.01. The average Bonchev–Trinajstić information content (AvgIpc) is 2.07. The van der Waals surface area contributed by atoms with Gasteiger partial charge >= 0.3 is 0 Å². The van der Waals surface area contributed by atoms with Crippen molar-refractivity contribution in [2.24, 2.45) is 11.3 Å². The highest BCUT2D eigenvalue weighted by Gasteiger charge is 2.40. The minimum absolute atomic E-state index is 0.170. The summed E-state index contributed by atoms with van der Waals surface area (Å²) in [6.07, 6.45) is 8.15. The molecule has 0 heterocycles. The van der Waals surface area contributed by atoms with Crippen molar-refractivity contribution in [1.29, 1.82) is 0 Å². The molecular formula is C12H20O. The van der Waals surface area contributed by atoms with E-state index in [9.17, 15) is 5.11 Å². The summed E-state index contributed by atoms with van der Waals surface area (Å²) in [4.78, 5) is 0. The molecule has 3 atom stereocenters. The molecule has 1 saturated carbocycles. The summed E-state index contributed by atoms with van der Waals surface area (Å²) in [6.45, 7) is 4.68. The Kier molecular flexibility index (Phi) is 2.23. The average molecular weight is 180 g/mol. The Morgan fingerprint density at radius 2 is 2.23 bits per heavy atom. The number of aliphatic hydroxyl groups excluding tert-OH is 1. The lowest BCUT2D eigenvalue weighted by molar-refractivity contribution is 0.100. The van der Waals surface area contributed by atoms with Crippen molar-refractivity contribution in [2.45, 2.75) is 52.1 Å². The van der Waals surface area contributed by atoms with Crippen molar-refractivity contribution in [3.8, 4) is 0 Å². The van der Waals surface area contributed by atoms with Gasteiger partial charge < -0.3 is 5.11 Å². The van der Waals surface area contributed by atoms with E-state index in [0.29, 0.717) is 11.3 Å². The molecule has 0 bridgehead atoms. The first-order valence-electron chi connectivity index (χ1n) is 5.52. The van der Waals surface area contributed by atoms with E-state index in [2.05, 4.69) is 19.9 Å². The smallest absolute Gasteiger partial charge is 0.0726 e. The molecule has 2 rings (SSSR count). The SMILES string of the molecule is CC1C[C@H](O)C=C2CCCCC21C. The summed E-state index contributed by atoms with van der Waals surface area (Å²) >= 11 is 0. The maximum Gasteiger partial charge on any atom is 0.0726 e. The molecular weight excluding hydrogens is 160 g/mol. The van der Waals surface area contributed by atoms with Crippen LogP contribution in [0.15, 0.2) is 11.6 Å². The van der Waals surface area contributed by atoms with Gasteiger partial charge in [-0.1, -0.05) is 31.9 Å². The van der Waals surface area contributed by atoms with E-state index >= 15 is 0 Å². The lowest BCUT2D eigenvalue weighted by atomic mass is 9.60. The van der Waals surface area contributed by atoms with E-state index in [-0.39, 0.29) is 6.10 Å². The van der Waals surface area contributed by atoms with Crippen LogP contribution in [0.2, 0.25) is 0 Å². The van der Waals surface area contributed by atoms with Crippen LogP contribution in [-0.2, 0) is 0 Å². The zero-order chi connectivity index (χ0) is 9.47. The van der Waals surface area contributed by atoms with E-state index in [0.717, 1.165) is 6.42 Å². The van der Waals surface area contributed by atoms with Crippen LogP contribution in [0.1, 0.15) is 46.0 Å². The van der Waals surface area contributed by atoms with Crippen LogP contribution in [0.3, 0.4) is 0 Å². The lowest BCUT2D eigenvalue weighted by Crippen LogP contribution is -2.36. The van der Waals surface area contributed by atoms with Crippen LogP contribution >= 0.6 is 0 Å². The molecule has 0 spiro atoms. The highest BCUT2D eigenvalue weighted by atomic mass is 16.3. The predicted molar refractivity (Wildman–Crippen MR) is 54.4 cm³/mol. The molecule has 1 N–H and O–H groups in total. The third kappa shape index (κ3) is 1.43. The van der Waals surface area contributed by atoms with E-state index in [1.807, 2.05) is 0 Å². The van der Waals surface area contributed by atoms with E-state index in [1.165, 1.54) is 31.3 Å². The quantitative estimate of drug-likeness (QED) is 0.568. The maximum atomic E-state index is 9.66. The topological polar surface area (TPSA) is 20.2 Å². The summed E-state index contributed by atoms with van der Waals surface area (Å²) in [5.74, 6) is 0.655. The molecule has 0 amide bonds. The van der Waals surface area contributed by atoms with Crippen LogP contribution in [0.4, 0.5) is 0 Å². The minimum Gasteiger partial charge on any atom is -0.389 e. The van der Waals surface area contributed by atoms with Crippen molar-refractivity contribution < 1.29 is 5.11 Å². The van der Waals surface area contributed by atoms with Crippen LogP contribution in [0.5, 0.6) is 0 Å². The number of allylic oxidation sites excluding steroid dienone is 1. The van der Waals surface area contributed by atoms with Gasteiger partial charge in [0.2, 0.25) is 0 Å². The largest absolute Gasteiger partial charge is 0.389 e. The van der Waals surface area contributed by atoms with Crippen molar-refractivity contribution in [2.75, 3.05) is 0 Å². The summed E-state index contributed by atoms with van der Waals surface area (Å²) in [7, 11) is 0. The summed E-state index contributed by atoms with van der Waals surface area (Å²) in [5, 5.41) is 9.66. The monoisotopic (exact) mass is 180 g/mol. The van der Waals surface area contributed by atoms with Crippen molar-refractivity contribution in [1.82, 2.24) is 0 Å². The highest BCUT2D eigenvalue weighted by molar-refractivity contribution is 5.22. The number of fused-ring (bicyclic) bond motifs is 1. The Hall–Kier alpha value is -0.300. The third-order valence-corrected chi connectivity index (χ3v) is 4.20. The summed E-state index contributed by atoms with van der Waals surface area (Å²) in [5.41, 5.74) is 1.95. The van der Waals surface area contributed by atoms with Gasteiger partial charge in [-0.25, -0.2) is 0 Å². The van der Waals surface area contributed by atoms with E-state index in [1.54, 1.807) is 0 Å². The van der Waals surface area contributed by atoms with Gasteiger partial charge in [0.1, 0.15) is 0 Å². The van der Waals surface area contributed by atoms with Crippen LogP contribution < -0.4 is 0 Å². The molecule has 0 aromatic carbocycles.